The number of nitrogens with one attached hydrogen (secondary N) is 1. The molecule has 0 spiro atoms. The monoisotopic (exact) mass is 374 g/mol. The standard InChI is InChI=1S/C17H19ClN6O2/c1-4-9-24-13-14(22(2)17(26)23(3)15(13)25)20-16(24)21-19-10-11-7-5-6-8-12(11)18/h5-8,10H,4,9H2,1-3H3,(H,20,21)/b19-10+. The molecule has 0 atom stereocenters. The number of hydrogen-bond donors (Lipinski definition) is 1. The molecule has 0 aliphatic heterocycles. The van der Waals surface area contributed by atoms with Crippen LogP contribution in [0.2, 0.25) is 5.02 Å². The van der Waals surface area contributed by atoms with E-state index in [1.54, 1.807) is 23.9 Å². The van der Waals surface area contributed by atoms with Crippen LogP contribution in [0.25, 0.3) is 11.2 Å². The number of halogens is 1. The van der Waals surface area contributed by atoms with Crippen molar-refractivity contribution < 1.29 is 0 Å². The Morgan fingerprint density at radius 2 is 1.96 bits per heavy atom. The molecule has 0 radical (unpaired) electrons. The number of nitrogens with zero attached hydrogens (tertiary/aromatic N) is 5. The topological polar surface area (TPSA) is 86.2 Å². The van der Waals surface area contributed by atoms with Gasteiger partial charge in [0.25, 0.3) is 5.56 Å². The molecule has 3 aromatic rings. The van der Waals surface area contributed by atoms with Gasteiger partial charge < -0.3 is 4.57 Å². The van der Waals surface area contributed by atoms with Crippen molar-refractivity contribution in [3.05, 3.63) is 55.7 Å². The number of aryl methyl sites for hydroxylation is 2. The molecule has 0 bridgehead atoms. The third-order valence-corrected chi connectivity index (χ3v) is 4.41. The van der Waals surface area contributed by atoms with Gasteiger partial charge in [-0.2, -0.15) is 10.1 Å². The van der Waals surface area contributed by atoms with E-state index in [9.17, 15) is 9.59 Å². The summed E-state index contributed by atoms with van der Waals surface area (Å²) in [4.78, 5) is 29.1. The molecule has 0 fully saturated rings. The molecule has 0 saturated carbocycles. The van der Waals surface area contributed by atoms with Crippen molar-refractivity contribution in [2.24, 2.45) is 19.2 Å². The highest BCUT2D eigenvalue weighted by Crippen LogP contribution is 2.17. The minimum absolute atomic E-state index is 0.321. The van der Waals surface area contributed by atoms with Crippen molar-refractivity contribution in [1.82, 2.24) is 18.7 Å². The van der Waals surface area contributed by atoms with Crippen LogP contribution in [0.4, 0.5) is 5.95 Å². The molecule has 2 aromatic heterocycles. The van der Waals surface area contributed by atoms with Crippen LogP contribution in [0.5, 0.6) is 0 Å². The van der Waals surface area contributed by atoms with Gasteiger partial charge in [-0.05, 0) is 12.5 Å². The van der Waals surface area contributed by atoms with Crippen molar-refractivity contribution in [3.63, 3.8) is 0 Å². The highest BCUT2D eigenvalue weighted by atomic mass is 35.5. The Morgan fingerprint density at radius 1 is 1.23 bits per heavy atom. The highest BCUT2D eigenvalue weighted by molar-refractivity contribution is 6.33. The van der Waals surface area contributed by atoms with Crippen LogP contribution in [0.3, 0.4) is 0 Å². The van der Waals surface area contributed by atoms with Gasteiger partial charge in [-0.1, -0.05) is 36.7 Å². The van der Waals surface area contributed by atoms with Gasteiger partial charge in [-0.3, -0.25) is 13.9 Å². The zero-order valence-electron chi connectivity index (χ0n) is 14.7. The fourth-order valence-electron chi connectivity index (χ4n) is 2.71. The zero-order valence-corrected chi connectivity index (χ0v) is 15.5. The van der Waals surface area contributed by atoms with Gasteiger partial charge in [0.2, 0.25) is 5.95 Å². The summed E-state index contributed by atoms with van der Waals surface area (Å²) in [5.74, 6) is 0.392. The predicted octanol–water partition coefficient (Wildman–Crippen LogP) is 1.94. The van der Waals surface area contributed by atoms with Crippen molar-refractivity contribution >= 4 is 34.9 Å². The van der Waals surface area contributed by atoms with Gasteiger partial charge in [0, 0.05) is 31.2 Å². The molecule has 1 aromatic carbocycles. The molecule has 0 amide bonds. The first-order chi connectivity index (χ1) is 12.5. The Balaban J connectivity index is 2.08. The van der Waals surface area contributed by atoms with E-state index in [1.165, 1.54) is 11.6 Å². The predicted molar refractivity (Wildman–Crippen MR) is 103 cm³/mol. The Morgan fingerprint density at radius 3 is 2.65 bits per heavy atom. The summed E-state index contributed by atoms with van der Waals surface area (Å²) in [6.07, 6.45) is 2.37. The Labute approximate surface area is 154 Å². The number of benzene rings is 1. The highest BCUT2D eigenvalue weighted by Gasteiger charge is 2.18. The maximum absolute atomic E-state index is 12.6. The second kappa shape index (κ2) is 7.17. The van der Waals surface area contributed by atoms with E-state index in [-0.39, 0.29) is 5.56 Å². The SMILES string of the molecule is CCCn1c(N/N=C/c2ccccc2Cl)nc2c1c(=O)n(C)c(=O)n2C. The second-order valence-electron chi connectivity index (χ2n) is 5.86. The van der Waals surface area contributed by atoms with E-state index in [0.717, 1.165) is 16.6 Å². The van der Waals surface area contributed by atoms with Crippen LogP contribution in [0.15, 0.2) is 39.0 Å². The maximum atomic E-state index is 12.6. The molecule has 136 valence electrons. The van der Waals surface area contributed by atoms with E-state index in [4.69, 9.17) is 11.6 Å². The Kier molecular flexibility index (Phi) is 4.94. The van der Waals surface area contributed by atoms with Crippen LogP contribution in [-0.2, 0) is 20.6 Å². The molecule has 0 aliphatic rings. The lowest BCUT2D eigenvalue weighted by Crippen LogP contribution is -2.37. The summed E-state index contributed by atoms with van der Waals surface area (Å²) < 4.78 is 4.17. The normalized spacial score (nSPS) is 11.5. The zero-order chi connectivity index (χ0) is 18.8. The van der Waals surface area contributed by atoms with Gasteiger partial charge in [-0.25, -0.2) is 10.2 Å². The average molecular weight is 375 g/mol. The molecular formula is C17H19ClN6O2. The summed E-state index contributed by atoms with van der Waals surface area (Å²) in [6.45, 7) is 2.56. The van der Waals surface area contributed by atoms with E-state index >= 15 is 0 Å². The summed E-state index contributed by atoms with van der Waals surface area (Å²) in [7, 11) is 3.04. The van der Waals surface area contributed by atoms with Gasteiger partial charge >= 0.3 is 5.69 Å². The smallest absolute Gasteiger partial charge is 0.303 e. The number of fused-ring (bicyclic) bond motifs is 1. The first-order valence-corrected chi connectivity index (χ1v) is 8.53. The average Bonchev–Trinajstić information content (AvgIpc) is 2.99. The molecule has 0 aliphatic carbocycles. The van der Waals surface area contributed by atoms with Crippen LogP contribution >= 0.6 is 11.6 Å². The van der Waals surface area contributed by atoms with E-state index in [0.29, 0.717) is 28.7 Å². The van der Waals surface area contributed by atoms with Gasteiger partial charge in [0.1, 0.15) is 0 Å². The lowest BCUT2D eigenvalue weighted by atomic mass is 10.2. The Bertz CT molecular complexity index is 1110. The van der Waals surface area contributed by atoms with Crippen LogP contribution in [0, 0.1) is 0 Å². The second-order valence-corrected chi connectivity index (χ2v) is 6.26. The summed E-state index contributed by atoms with van der Waals surface area (Å²) in [5.41, 5.74) is 3.49. The molecule has 0 saturated heterocycles. The van der Waals surface area contributed by atoms with Crippen LogP contribution < -0.4 is 16.7 Å². The lowest BCUT2D eigenvalue weighted by Gasteiger charge is -2.07. The molecule has 1 N–H and O–H groups in total. The summed E-state index contributed by atoms with van der Waals surface area (Å²) >= 11 is 6.11. The van der Waals surface area contributed by atoms with E-state index in [1.807, 2.05) is 25.1 Å². The van der Waals surface area contributed by atoms with Gasteiger partial charge in [0.15, 0.2) is 11.2 Å². The molecule has 0 unspecified atom stereocenters. The minimum Gasteiger partial charge on any atom is -0.303 e. The van der Waals surface area contributed by atoms with Gasteiger partial charge in [-0.15, -0.1) is 0 Å². The third kappa shape index (κ3) is 3.03. The van der Waals surface area contributed by atoms with Crippen molar-refractivity contribution in [2.75, 3.05) is 5.43 Å². The minimum atomic E-state index is -0.422. The number of hydrazone groups is 1. The van der Waals surface area contributed by atoms with Crippen LogP contribution in [-0.4, -0.2) is 24.9 Å². The molecule has 8 nitrogen and oxygen atoms in total. The lowest BCUT2D eigenvalue weighted by molar-refractivity contribution is 0.679. The maximum Gasteiger partial charge on any atom is 0.332 e. The Hall–Kier alpha value is -2.87. The molecule has 3 rings (SSSR count). The third-order valence-electron chi connectivity index (χ3n) is 4.07. The van der Waals surface area contributed by atoms with Crippen molar-refractivity contribution in [1.29, 1.82) is 0 Å². The number of anilines is 1. The number of imidazole rings is 1. The summed E-state index contributed by atoms with van der Waals surface area (Å²) in [6, 6.07) is 7.31. The van der Waals surface area contributed by atoms with E-state index < -0.39 is 5.69 Å². The number of rotatable bonds is 5. The first kappa shape index (κ1) is 17.9. The fourth-order valence-corrected chi connectivity index (χ4v) is 2.90. The molecular weight excluding hydrogens is 356 g/mol. The summed E-state index contributed by atoms with van der Waals surface area (Å²) in [5, 5.41) is 4.76. The molecule has 9 heteroatoms. The molecule has 26 heavy (non-hydrogen) atoms. The van der Waals surface area contributed by atoms with Crippen molar-refractivity contribution in [2.45, 2.75) is 19.9 Å². The van der Waals surface area contributed by atoms with E-state index in [2.05, 4.69) is 15.5 Å². The van der Waals surface area contributed by atoms with Crippen molar-refractivity contribution in [3.8, 4) is 0 Å². The largest absolute Gasteiger partial charge is 0.332 e. The first-order valence-electron chi connectivity index (χ1n) is 8.15. The van der Waals surface area contributed by atoms with Gasteiger partial charge in [0.05, 0.1) is 6.21 Å². The molecule has 2 heterocycles. The van der Waals surface area contributed by atoms with Crippen LogP contribution in [0.1, 0.15) is 18.9 Å². The number of hydrogen-bond acceptors (Lipinski definition) is 5. The quantitative estimate of drug-likeness (QED) is 0.546. The fraction of sp³-hybridized carbons (Fsp3) is 0.294. The number of aromatic nitrogens is 4.